The maximum atomic E-state index is 5.82. The summed E-state index contributed by atoms with van der Waals surface area (Å²) >= 11 is -0.472. The molecular weight excluding hydrogens is 855 g/mol. The van der Waals surface area contributed by atoms with E-state index in [-0.39, 0.29) is 7.43 Å². The molecule has 3 heteroatoms. The summed E-state index contributed by atoms with van der Waals surface area (Å²) in [6.07, 6.45) is 11.6. The molecule has 0 nitrogen and oxygen atoms in total. The first kappa shape index (κ1) is 38.4. The van der Waals surface area contributed by atoms with Gasteiger partial charge in [-0.2, -0.15) is 0 Å². The summed E-state index contributed by atoms with van der Waals surface area (Å²) in [5.74, 6) is 5.61. The van der Waals surface area contributed by atoms with Crippen molar-refractivity contribution in [2.24, 2.45) is 0 Å². The van der Waals surface area contributed by atoms with Gasteiger partial charge in [0, 0.05) is 11.1 Å². The summed E-state index contributed by atoms with van der Waals surface area (Å²) in [7, 11) is 9.75. The van der Waals surface area contributed by atoms with Crippen LogP contribution >= 0.6 is 18.8 Å². The Bertz CT molecular complexity index is 2440. The topological polar surface area (TPSA) is 0 Å². The van der Waals surface area contributed by atoms with Crippen molar-refractivity contribution in [1.82, 2.24) is 0 Å². The van der Waals surface area contributed by atoms with Crippen LogP contribution in [0.15, 0.2) is 133 Å². The second-order valence-corrected chi connectivity index (χ2v) is 16.1. The van der Waals surface area contributed by atoms with Gasteiger partial charge in [-0.1, -0.05) is 175 Å². The summed E-state index contributed by atoms with van der Waals surface area (Å²) in [5.41, 5.74) is 10.8. The standard InChI is InChI=1S/2C24H18.CH4.2ClH.Pt/c1-15-3-7-19-17(13-15)5-9-23-21(19)11-12-22-20-8-4-16(2)14-18(20)6-10-24(22)23;1-5-21-22(6-2)24(20-13-9-18(4)10-14-20)16-15-23(21)19-11-7-17(3)8-12-19;;;;/h3-14H,1-2H3;1-2,7-16H,3-4H3;1H4;2*1H;/q;;;;;+2/p-2. The molecule has 52 heavy (non-hydrogen) atoms. The third kappa shape index (κ3) is 7.97. The zero-order chi connectivity index (χ0) is 36.1. The second-order valence-electron chi connectivity index (χ2n) is 12.8. The third-order valence-electron chi connectivity index (χ3n) is 9.36. The van der Waals surface area contributed by atoms with Crippen molar-refractivity contribution < 1.29 is 16.5 Å². The molecule has 0 atom stereocenters. The molecule has 0 saturated carbocycles. The summed E-state index contributed by atoms with van der Waals surface area (Å²) in [5, 5.41) is 10.7. The molecule has 0 fully saturated rings. The summed E-state index contributed by atoms with van der Waals surface area (Å²) in [4.78, 5) is 0. The Hall–Kier alpha value is -4.81. The number of rotatable bonds is 2. The maximum absolute atomic E-state index is 5.82. The molecule has 260 valence electrons. The molecule has 0 aromatic heterocycles. The molecule has 0 aliphatic carbocycles. The van der Waals surface area contributed by atoms with Gasteiger partial charge in [-0.05, 0) is 93.0 Å². The van der Waals surface area contributed by atoms with Crippen molar-refractivity contribution in [3.8, 4) is 46.9 Å². The predicted molar refractivity (Wildman–Crippen MR) is 227 cm³/mol. The molecule has 0 aliphatic heterocycles. The van der Waals surface area contributed by atoms with Gasteiger partial charge in [0.2, 0.25) is 0 Å². The summed E-state index contributed by atoms with van der Waals surface area (Å²) < 4.78 is 0. The number of benzene rings is 8. The molecule has 0 saturated heterocycles. The van der Waals surface area contributed by atoms with E-state index in [1.807, 2.05) is 0 Å². The van der Waals surface area contributed by atoms with Crippen LogP contribution in [-0.2, 0) is 16.5 Å². The van der Waals surface area contributed by atoms with Crippen molar-refractivity contribution >= 4 is 61.9 Å². The zero-order valence-electron chi connectivity index (χ0n) is 28.9. The van der Waals surface area contributed by atoms with Crippen molar-refractivity contribution in [3.63, 3.8) is 0 Å². The van der Waals surface area contributed by atoms with E-state index in [1.165, 1.54) is 65.3 Å². The Morgan fingerprint density at radius 2 is 0.692 bits per heavy atom. The van der Waals surface area contributed by atoms with Gasteiger partial charge in [-0.15, -0.1) is 12.8 Å². The third-order valence-corrected chi connectivity index (χ3v) is 9.36. The molecule has 8 aromatic carbocycles. The Kier molecular flexibility index (Phi) is 12.7. The van der Waals surface area contributed by atoms with Gasteiger partial charge in [-0.25, -0.2) is 0 Å². The van der Waals surface area contributed by atoms with E-state index in [4.69, 9.17) is 31.7 Å². The van der Waals surface area contributed by atoms with Crippen LogP contribution in [0.4, 0.5) is 0 Å². The van der Waals surface area contributed by atoms with Gasteiger partial charge in [0.1, 0.15) is 0 Å². The van der Waals surface area contributed by atoms with E-state index in [1.54, 1.807) is 0 Å². The zero-order valence-corrected chi connectivity index (χ0v) is 32.7. The molecule has 0 spiro atoms. The number of halogens is 2. The predicted octanol–water partition coefficient (Wildman–Crippen LogP) is 14.5. The quantitative estimate of drug-likeness (QED) is 0.120. The van der Waals surface area contributed by atoms with Gasteiger partial charge < -0.3 is 0 Å². The van der Waals surface area contributed by atoms with E-state index < -0.39 is 16.5 Å². The van der Waals surface area contributed by atoms with Crippen LogP contribution in [0.2, 0.25) is 0 Å². The van der Waals surface area contributed by atoms with Crippen LogP contribution in [0.5, 0.6) is 0 Å². The fraction of sp³-hybridized carbons (Fsp3) is 0.102. The van der Waals surface area contributed by atoms with Crippen molar-refractivity contribution in [1.29, 1.82) is 0 Å². The molecular formula is C49H40Cl2Pt. The van der Waals surface area contributed by atoms with E-state index in [0.29, 0.717) is 0 Å². The van der Waals surface area contributed by atoms with Gasteiger partial charge >= 0.3 is 35.3 Å². The van der Waals surface area contributed by atoms with Gasteiger partial charge in [0.15, 0.2) is 0 Å². The first-order valence-electron chi connectivity index (χ1n) is 16.6. The van der Waals surface area contributed by atoms with Crippen LogP contribution in [0, 0.1) is 52.4 Å². The van der Waals surface area contributed by atoms with Gasteiger partial charge in [0.05, 0.1) is 0 Å². The number of aryl methyl sites for hydroxylation is 4. The molecule has 0 heterocycles. The van der Waals surface area contributed by atoms with E-state index in [0.717, 1.165) is 33.4 Å². The number of hydrogen-bond acceptors (Lipinski definition) is 0. The average molecular weight is 895 g/mol. The molecule has 0 bridgehead atoms. The number of fused-ring (bicyclic) bond motifs is 7. The molecule has 0 amide bonds. The van der Waals surface area contributed by atoms with Crippen molar-refractivity contribution in [2.75, 3.05) is 0 Å². The molecule has 0 aliphatic rings. The average Bonchev–Trinajstić information content (AvgIpc) is 3.14. The van der Waals surface area contributed by atoms with Gasteiger partial charge in [-0.3, -0.25) is 0 Å². The number of terminal acetylenes is 2. The fourth-order valence-electron chi connectivity index (χ4n) is 6.79. The van der Waals surface area contributed by atoms with E-state index in [2.05, 4.69) is 173 Å². The van der Waals surface area contributed by atoms with E-state index in [9.17, 15) is 0 Å². The molecule has 8 rings (SSSR count). The molecule has 0 N–H and O–H groups in total. The Labute approximate surface area is 325 Å². The fourth-order valence-corrected chi connectivity index (χ4v) is 6.79. The van der Waals surface area contributed by atoms with Crippen LogP contribution in [0.1, 0.15) is 40.8 Å². The minimum absolute atomic E-state index is 0. The Morgan fingerprint density at radius 1 is 0.404 bits per heavy atom. The second kappa shape index (κ2) is 17.1. The molecule has 0 unspecified atom stereocenters. The number of hydrogen-bond donors (Lipinski definition) is 0. The van der Waals surface area contributed by atoms with Crippen molar-refractivity contribution in [2.45, 2.75) is 35.1 Å². The van der Waals surface area contributed by atoms with Crippen molar-refractivity contribution in [3.05, 3.63) is 167 Å². The summed E-state index contributed by atoms with van der Waals surface area (Å²) in [6, 6.07) is 47.9. The monoisotopic (exact) mass is 893 g/mol. The first-order chi connectivity index (χ1) is 24.8. The first-order valence-corrected chi connectivity index (χ1v) is 22.2. The minimum atomic E-state index is -0.472. The normalized spacial score (nSPS) is 10.5. The van der Waals surface area contributed by atoms with E-state index >= 15 is 0 Å². The molecule has 8 aromatic rings. The Morgan fingerprint density at radius 3 is 1.04 bits per heavy atom. The van der Waals surface area contributed by atoms with Crippen LogP contribution in [0.3, 0.4) is 0 Å². The van der Waals surface area contributed by atoms with Crippen LogP contribution in [0.25, 0.3) is 65.3 Å². The van der Waals surface area contributed by atoms with Gasteiger partial charge in [0.25, 0.3) is 0 Å². The van der Waals surface area contributed by atoms with Crippen LogP contribution in [-0.4, -0.2) is 0 Å². The van der Waals surface area contributed by atoms with Crippen LogP contribution < -0.4 is 0 Å². The molecule has 0 radical (unpaired) electrons. The Balaban J connectivity index is 0.000000184. The SMILES string of the molecule is C.C#Cc1c(-c2ccc(C)cc2)ccc(-c2ccc(C)cc2)c1C#C.Cc1ccc2c(ccc3c2ccc2c4ccc(C)cc4ccc23)c1.[Cl][Pt][Cl]. The summed E-state index contributed by atoms with van der Waals surface area (Å²) in [6.45, 7) is 8.44.